The zero-order valence-electron chi connectivity index (χ0n) is 14.8. The van der Waals surface area contributed by atoms with E-state index in [1.807, 2.05) is 31.2 Å². The van der Waals surface area contributed by atoms with Crippen molar-refractivity contribution < 1.29 is 8.42 Å². The van der Waals surface area contributed by atoms with Gasteiger partial charge in [-0.05, 0) is 44.4 Å². The number of sulfonamides is 1. The molecule has 0 radical (unpaired) electrons. The molecular formula is C19H25N3O2S. The van der Waals surface area contributed by atoms with Gasteiger partial charge in [-0.1, -0.05) is 30.7 Å². The molecule has 25 heavy (non-hydrogen) atoms. The Balaban J connectivity index is 1.94. The Morgan fingerprint density at radius 1 is 1.24 bits per heavy atom. The van der Waals surface area contributed by atoms with E-state index < -0.39 is 10.0 Å². The fraction of sp³-hybridized carbons (Fsp3) is 0.421. The molecular weight excluding hydrogens is 334 g/mol. The molecule has 0 spiro atoms. The normalized spacial score (nSPS) is 18.4. The summed E-state index contributed by atoms with van der Waals surface area (Å²) in [5.41, 5.74) is 2.01. The molecule has 2 heterocycles. The maximum Gasteiger partial charge on any atom is 0.243 e. The van der Waals surface area contributed by atoms with Crippen molar-refractivity contribution in [1.82, 2.24) is 9.29 Å². The summed E-state index contributed by atoms with van der Waals surface area (Å²) in [6.45, 7) is 5.42. The third-order valence-electron chi connectivity index (χ3n) is 4.57. The molecule has 6 heteroatoms. The van der Waals surface area contributed by atoms with Crippen LogP contribution in [0.5, 0.6) is 0 Å². The highest BCUT2D eigenvalue weighted by Gasteiger charge is 2.37. The molecule has 0 amide bonds. The van der Waals surface area contributed by atoms with Crippen LogP contribution in [0.3, 0.4) is 0 Å². The first-order valence-electron chi connectivity index (χ1n) is 8.81. The molecule has 1 aromatic heterocycles. The fourth-order valence-corrected chi connectivity index (χ4v) is 4.94. The van der Waals surface area contributed by atoms with Gasteiger partial charge in [0.05, 0.1) is 10.9 Å². The van der Waals surface area contributed by atoms with Crippen molar-refractivity contribution in [2.75, 3.05) is 18.4 Å². The summed E-state index contributed by atoms with van der Waals surface area (Å²) in [6.07, 6.45) is 4.41. The molecule has 1 fully saturated rings. The molecule has 0 aliphatic carbocycles. The second kappa shape index (κ2) is 7.54. The number of hydrogen-bond donors (Lipinski definition) is 1. The van der Waals surface area contributed by atoms with Gasteiger partial charge in [-0.15, -0.1) is 0 Å². The second-order valence-corrected chi connectivity index (χ2v) is 8.35. The van der Waals surface area contributed by atoms with Gasteiger partial charge in [-0.3, -0.25) is 0 Å². The number of aryl methyl sites for hydroxylation is 1. The van der Waals surface area contributed by atoms with E-state index >= 15 is 0 Å². The van der Waals surface area contributed by atoms with Crippen molar-refractivity contribution in [3.8, 4) is 0 Å². The van der Waals surface area contributed by atoms with Crippen LogP contribution >= 0.6 is 0 Å². The molecule has 1 aromatic carbocycles. The average molecular weight is 359 g/mol. The monoisotopic (exact) mass is 359 g/mol. The van der Waals surface area contributed by atoms with Gasteiger partial charge >= 0.3 is 0 Å². The standard InChI is InChI=1S/C19H25N3O2S/c1-3-12-20-19-17(6-4-13-21-19)18-7-5-14-22(18)25(23,24)16-10-8-15(2)9-11-16/h4,6,8-11,13,18H,3,5,7,12,14H2,1-2H3,(H,20,21). The maximum absolute atomic E-state index is 13.1. The van der Waals surface area contributed by atoms with Crippen molar-refractivity contribution >= 4 is 15.8 Å². The first-order chi connectivity index (χ1) is 12.0. The highest BCUT2D eigenvalue weighted by atomic mass is 32.2. The van der Waals surface area contributed by atoms with Crippen molar-refractivity contribution in [1.29, 1.82) is 0 Å². The molecule has 2 aromatic rings. The zero-order valence-corrected chi connectivity index (χ0v) is 15.6. The minimum Gasteiger partial charge on any atom is -0.370 e. The van der Waals surface area contributed by atoms with E-state index in [1.165, 1.54) is 0 Å². The average Bonchev–Trinajstić information content (AvgIpc) is 3.11. The van der Waals surface area contributed by atoms with Gasteiger partial charge in [0, 0.05) is 24.8 Å². The van der Waals surface area contributed by atoms with Gasteiger partial charge in [-0.25, -0.2) is 13.4 Å². The van der Waals surface area contributed by atoms with Crippen LogP contribution in [0.4, 0.5) is 5.82 Å². The molecule has 3 rings (SSSR count). The fourth-order valence-electron chi connectivity index (χ4n) is 3.26. The molecule has 1 aliphatic heterocycles. The summed E-state index contributed by atoms with van der Waals surface area (Å²) in [7, 11) is -3.51. The van der Waals surface area contributed by atoms with Gasteiger partial charge in [-0.2, -0.15) is 4.31 Å². The number of benzene rings is 1. The summed E-state index contributed by atoms with van der Waals surface area (Å²) in [6, 6.07) is 10.8. The van der Waals surface area contributed by atoms with Crippen LogP contribution in [0.1, 0.15) is 43.4 Å². The van der Waals surface area contributed by atoms with E-state index in [0.717, 1.165) is 42.8 Å². The second-order valence-electron chi connectivity index (χ2n) is 6.45. The Morgan fingerprint density at radius 3 is 2.72 bits per heavy atom. The number of pyridine rings is 1. The lowest BCUT2D eigenvalue weighted by Gasteiger charge is -2.26. The van der Waals surface area contributed by atoms with E-state index in [4.69, 9.17) is 0 Å². The SMILES string of the molecule is CCCNc1ncccc1C1CCCN1S(=O)(=O)c1ccc(C)cc1. The summed E-state index contributed by atoms with van der Waals surface area (Å²) in [5.74, 6) is 0.792. The number of hydrogen-bond acceptors (Lipinski definition) is 4. The summed E-state index contributed by atoms with van der Waals surface area (Å²) >= 11 is 0. The van der Waals surface area contributed by atoms with Crippen LogP contribution in [-0.4, -0.2) is 30.8 Å². The Bertz CT molecular complexity index is 819. The summed E-state index contributed by atoms with van der Waals surface area (Å²) in [5, 5.41) is 3.33. The third kappa shape index (κ3) is 3.70. The van der Waals surface area contributed by atoms with E-state index in [9.17, 15) is 8.42 Å². The molecule has 1 N–H and O–H groups in total. The van der Waals surface area contributed by atoms with Crippen molar-refractivity contribution in [3.05, 3.63) is 53.7 Å². The lowest BCUT2D eigenvalue weighted by atomic mass is 10.1. The number of rotatable bonds is 6. The third-order valence-corrected chi connectivity index (χ3v) is 6.49. The molecule has 0 saturated carbocycles. The van der Waals surface area contributed by atoms with Gasteiger partial charge < -0.3 is 5.32 Å². The molecule has 1 aliphatic rings. The van der Waals surface area contributed by atoms with Crippen molar-refractivity contribution in [2.45, 2.75) is 44.0 Å². The van der Waals surface area contributed by atoms with Gasteiger partial charge in [0.25, 0.3) is 0 Å². The molecule has 0 bridgehead atoms. The van der Waals surface area contributed by atoms with Gasteiger partial charge in [0.15, 0.2) is 0 Å². The molecule has 1 saturated heterocycles. The highest BCUT2D eigenvalue weighted by molar-refractivity contribution is 7.89. The predicted octanol–water partition coefficient (Wildman–Crippen LogP) is 3.74. The Morgan fingerprint density at radius 2 is 2.00 bits per heavy atom. The first kappa shape index (κ1) is 17.9. The lowest BCUT2D eigenvalue weighted by molar-refractivity contribution is 0.397. The number of nitrogens with zero attached hydrogens (tertiary/aromatic N) is 2. The Hall–Kier alpha value is -1.92. The predicted molar refractivity (Wildman–Crippen MR) is 100 cm³/mol. The lowest BCUT2D eigenvalue weighted by Crippen LogP contribution is -2.31. The topological polar surface area (TPSA) is 62.3 Å². The molecule has 1 unspecified atom stereocenters. The Kier molecular flexibility index (Phi) is 5.39. The smallest absolute Gasteiger partial charge is 0.243 e. The van der Waals surface area contributed by atoms with Crippen LogP contribution < -0.4 is 5.32 Å². The number of nitrogens with one attached hydrogen (secondary N) is 1. The van der Waals surface area contributed by atoms with E-state index in [2.05, 4.69) is 17.2 Å². The van der Waals surface area contributed by atoms with Crippen molar-refractivity contribution in [3.63, 3.8) is 0 Å². The number of aromatic nitrogens is 1. The summed E-state index contributed by atoms with van der Waals surface area (Å²) in [4.78, 5) is 4.79. The highest BCUT2D eigenvalue weighted by Crippen LogP contribution is 2.38. The number of anilines is 1. The van der Waals surface area contributed by atoms with Crippen LogP contribution in [-0.2, 0) is 10.0 Å². The van der Waals surface area contributed by atoms with Crippen LogP contribution in [0.25, 0.3) is 0 Å². The van der Waals surface area contributed by atoms with Crippen LogP contribution in [0.15, 0.2) is 47.5 Å². The minimum absolute atomic E-state index is 0.167. The quantitative estimate of drug-likeness (QED) is 0.853. The van der Waals surface area contributed by atoms with E-state index in [0.29, 0.717) is 11.4 Å². The molecule has 1 atom stereocenters. The van der Waals surface area contributed by atoms with Gasteiger partial charge in [0.1, 0.15) is 5.82 Å². The Labute approximate surface area is 150 Å². The van der Waals surface area contributed by atoms with E-state index in [1.54, 1.807) is 22.6 Å². The molecule has 5 nitrogen and oxygen atoms in total. The van der Waals surface area contributed by atoms with Crippen molar-refractivity contribution in [2.24, 2.45) is 0 Å². The largest absolute Gasteiger partial charge is 0.370 e. The zero-order chi connectivity index (χ0) is 17.9. The van der Waals surface area contributed by atoms with Crippen LogP contribution in [0, 0.1) is 6.92 Å². The summed E-state index contributed by atoms with van der Waals surface area (Å²) < 4.78 is 27.9. The minimum atomic E-state index is -3.51. The van der Waals surface area contributed by atoms with E-state index in [-0.39, 0.29) is 6.04 Å². The maximum atomic E-state index is 13.1. The molecule has 134 valence electrons. The van der Waals surface area contributed by atoms with Gasteiger partial charge in [0.2, 0.25) is 10.0 Å². The first-order valence-corrected chi connectivity index (χ1v) is 10.3. The van der Waals surface area contributed by atoms with Crippen LogP contribution in [0.2, 0.25) is 0 Å².